The topological polar surface area (TPSA) is 75.9 Å². The van der Waals surface area contributed by atoms with Crippen LogP contribution in [0.1, 0.15) is 56.3 Å². The van der Waals surface area contributed by atoms with Crippen LogP contribution in [0, 0.1) is 0 Å². The Bertz CT molecular complexity index is 1140. The molecule has 1 unspecified atom stereocenters. The molecule has 0 saturated heterocycles. The van der Waals surface area contributed by atoms with Crippen LogP contribution in [0.4, 0.5) is 5.13 Å². The zero-order valence-electron chi connectivity index (χ0n) is 16.5. The first-order chi connectivity index (χ1) is 14.2. The summed E-state index contributed by atoms with van der Waals surface area (Å²) in [5.74, 6) is 0. The Morgan fingerprint density at radius 3 is 2.86 bits per heavy atom. The number of rotatable bonds is 5. The molecule has 0 bridgehead atoms. The number of anilines is 1. The van der Waals surface area contributed by atoms with Crippen LogP contribution in [-0.2, 0) is 6.54 Å². The van der Waals surface area contributed by atoms with Gasteiger partial charge in [-0.3, -0.25) is 0 Å². The first-order valence-electron chi connectivity index (χ1n) is 10.3. The Morgan fingerprint density at radius 1 is 1.17 bits per heavy atom. The van der Waals surface area contributed by atoms with E-state index < -0.39 is 6.10 Å². The third-order valence-electron chi connectivity index (χ3n) is 5.70. The average molecular weight is 408 g/mol. The normalized spacial score (nSPS) is 16.5. The van der Waals surface area contributed by atoms with Gasteiger partial charge in [0.2, 0.25) is 0 Å². The van der Waals surface area contributed by atoms with Gasteiger partial charge in [-0.15, -0.1) is 0 Å². The second-order valence-corrected chi connectivity index (χ2v) is 8.99. The zero-order chi connectivity index (χ0) is 19.8. The van der Waals surface area contributed by atoms with Crippen LogP contribution < -0.4 is 5.32 Å². The molecule has 1 aliphatic rings. The number of benzene rings is 1. The summed E-state index contributed by atoms with van der Waals surface area (Å²) in [5, 5.41) is 14.4. The van der Waals surface area contributed by atoms with Gasteiger partial charge in [-0.1, -0.05) is 36.7 Å². The molecule has 1 fully saturated rings. The van der Waals surface area contributed by atoms with Crippen LogP contribution in [0.15, 0.2) is 36.8 Å². The van der Waals surface area contributed by atoms with E-state index in [0.717, 1.165) is 27.4 Å². The van der Waals surface area contributed by atoms with Crippen molar-refractivity contribution < 1.29 is 5.11 Å². The van der Waals surface area contributed by atoms with Crippen molar-refractivity contribution in [3.8, 4) is 0 Å². The number of pyridine rings is 1. The first-order valence-corrected chi connectivity index (χ1v) is 11.1. The molecule has 1 atom stereocenters. The van der Waals surface area contributed by atoms with E-state index >= 15 is 0 Å². The summed E-state index contributed by atoms with van der Waals surface area (Å²) in [6.45, 7) is 2.44. The quantitative estimate of drug-likeness (QED) is 0.493. The van der Waals surface area contributed by atoms with Crippen molar-refractivity contribution in [1.82, 2.24) is 19.5 Å². The fourth-order valence-electron chi connectivity index (χ4n) is 4.06. The van der Waals surface area contributed by atoms with Crippen molar-refractivity contribution in [2.24, 2.45) is 0 Å². The third-order valence-corrected chi connectivity index (χ3v) is 6.65. The van der Waals surface area contributed by atoms with Gasteiger partial charge in [0.05, 0.1) is 29.2 Å². The fraction of sp³-hybridized carbons (Fsp3) is 0.409. The number of aromatic nitrogens is 4. The molecule has 1 aromatic carbocycles. The number of nitrogens with one attached hydrogen (secondary N) is 1. The van der Waals surface area contributed by atoms with Crippen molar-refractivity contribution >= 4 is 37.8 Å². The van der Waals surface area contributed by atoms with E-state index in [9.17, 15) is 5.11 Å². The number of hydrogen-bond donors (Lipinski definition) is 2. The van der Waals surface area contributed by atoms with E-state index in [0.29, 0.717) is 12.6 Å². The molecule has 1 saturated carbocycles. The molecule has 150 valence electrons. The Balaban J connectivity index is 1.37. The van der Waals surface area contributed by atoms with Crippen LogP contribution in [0.3, 0.4) is 0 Å². The summed E-state index contributed by atoms with van der Waals surface area (Å²) in [6.07, 6.45) is 9.49. The molecule has 4 aromatic rings. The van der Waals surface area contributed by atoms with Crippen molar-refractivity contribution in [1.29, 1.82) is 0 Å². The Morgan fingerprint density at radius 2 is 2.03 bits per heavy atom. The number of fused-ring (bicyclic) bond motifs is 2. The Labute approximate surface area is 173 Å². The van der Waals surface area contributed by atoms with Crippen LogP contribution in [-0.4, -0.2) is 30.7 Å². The van der Waals surface area contributed by atoms with E-state index in [1.54, 1.807) is 24.5 Å². The minimum absolute atomic E-state index is 0.540. The van der Waals surface area contributed by atoms with Gasteiger partial charge in [-0.25, -0.2) is 15.0 Å². The molecule has 1 aliphatic carbocycles. The van der Waals surface area contributed by atoms with Crippen LogP contribution in [0.2, 0.25) is 0 Å². The van der Waals surface area contributed by atoms with Gasteiger partial charge in [0.25, 0.3) is 0 Å². The van der Waals surface area contributed by atoms with Gasteiger partial charge in [0.15, 0.2) is 10.8 Å². The maximum absolute atomic E-state index is 9.75. The summed E-state index contributed by atoms with van der Waals surface area (Å²) in [7, 11) is 0. The highest BCUT2D eigenvalue weighted by Crippen LogP contribution is 2.30. The lowest BCUT2D eigenvalue weighted by molar-refractivity contribution is 0.199. The summed E-state index contributed by atoms with van der Waals surface area (Å²) in [5.41, 5.74) is 4.67. The van der Waals surface area contributed by atoms with Gasteiger partial charge in [0.1, 0.15) is 5.52 Å². The van der Waals surface area contributed by atoms with Crippen LogP contribution >= 0.6 is 11.3 Å². The average Bonchev–Trinajstić information content (AvgIpc) is 3.31. The first kappa shape index (κ1) is 18.5. The Hall–Kier alpha value is -2.51. The van der Waals surface area contributed by atoms with E-state index in [1.165, 1.54) is 42.4 Å². The SMILES string of the molecule is CC(O)c1cnc2c(c1)ncn2Cc1ccc2nc(NC3CCCCC3)sc2c1. The molecule has 0 spiro atoms. The summed E-state index contributed by atoms with van der Waals surface area (Å²) >= 11 is 1.74. The number of hydrogen-bond acceptors (Lipinski definition) is 6. The molecular formula is C22H25N5OS. The zero-order valence-corrected chi connectivity index (χ0v) is 17.3. The number of aliphatic hydroxyl groups is 1. The van der Waals surface area contributed by atoms with Crippen LogP contribution in [0.25, 0.3) is 21.4 Å². The number of aliphatic hydroxyl groups excluding tert-OH is 1. The Kier molecular flexibility index (Phi) is 4.93. The molecule has 29 heavy (non-hydrogen) atoms. The predicted molar refractivity (Wildman–Crippen MR) is 117 cm³/mol. The third kappa shape index (κ3) is 3.84. The summed E-state index contributed by atoms with van der Waals surface area (Å²) in [6, 6.07) is 8.92. The maximum atomic E-state index is 9.75. The molecule has 2 N–H and O–H groups in total. The lowest BCUT2D eigenvalue weighted by atomic mass is 9.96. The molecule has 6 nitrogen and oxygen atoms in total. The maximum Gasteiger partial charge on any atom is 0.184 e. The van der Waals surface area contributed by atoms with E-state index in [-0.39, 0.29) is 0 Å². The number of nitrogens with zero attached hydrogens (tertiary/aromatic N) is 4. The molecule has 0 amide bonds. The molecule has 3 aromatic heterocycles. The minimum atomic E-state index is -0.540. The lowest BCUT2D eigenvalue weighted by Gasteiger charge is -2.22. The number of imidazole rings is 1. The van der Waals surface area contributed by atoms with E-state index in [1.807, 2.05) is 17.0 Å². The summed E-state index contributed by atoms with van der Waals surface area (Å²) in [4.78, 5) is 13.7. The lowest BCUT2D eigenvalue weighted by Crippen LogP contribution is -2.21. The van der Waals surface area contributed by atoms with Gasteiger partial charge in [0, 0.05) is 17.8 Å². The molecule has 0 radical (unpaired) electrons. The van der Waals surface area contributed by atoms with Crippen molar-refractivity contribution in [3.05, 3.63) is 47.9 Å². The molecule has 7 heteroatoms. The molecular weight excluding hydrogens is 382 g/mol. The fourth-order valence-corrected chi connectivity index (χ4v) is 5.06. The predicted octanol–water partition coefficient (Wildman–Crippen LogP) is 4.89. The van der Waals surface area contributed by atoms with Gasteiger partial charge in [-0.2, -0.15) is 0 Å². The second-order valence-electron chi connectivity index (χ2n) is 7.96. The van der Waals surface area contributed by atoms with Crippen molar-refractivity contribution in [2.45, 2.75) is 57.7 Å². The highest BCUT2D eigenvalue weighted by molar-refractivity contribution is 7.22. The minimum Gasteiger partial charge on any atom is -0.389 e. The highest BCUT2D eigenvalue weighted by atomic mass is 32.1. The molecule has 0 aliphatic heterocycles. The van der Waals surface area contributed by atoms with Crippen molar-refractivity contribution in [2.75, 3.05) is 5.32 Å². The highest BCUT2D eigenvalue weighted by Gasteiger charge is 2.15. The number of thiazole rings is 1. The smallest absolute Gasteiger partial charge is 0.184 e. The van der Waals surface area contributed by atoms with Gasteiger partial charge < -0.3 is 15.0 Å². The monoisotopic (exact) mass is 407 g/mol. The van der Waals surface area contributed by atoms with Crippen molar-refractivity contribution in [3.63, 3.8) is 0 Å². The van der Waals surface area contributed by atoms with Gasteiger partial charge in [-0.05, 0) is 43.5 Å². The second kappa shape index (κ2) is 7.72. The standard InChI is InChI=1S/C22H25N5OS/c1-14(28)16-10-19-21(23-11-16)27(13-24-19)12-15-7-8-18-20(9-15)29-22(26-18)25-17-5-3-2-4-6-17/h7-11,13-14,17,28H,2-6,12H2,1H3,(H,25,26). The van der Waals surface area contributed by atoms with E-state index in [2.05, 4.69) is 33.5 Å². The molecule has 3 heterocycles. The van der Waals surface area contributed by atoms with Gasteiger partial charge >= 0.3 is 0 Å². The largest absolute Gasteiger partial charge is 0.389 e. The molecule has 5 rings (SSSR count). The summed E-state index contributed by atoms with van der Waals surface area (Å²) < 4.78 is 3.25. The van der Waals surface area contributed by atoms with E-state index in [4.69, 9.17) is 4.98 Å². The van der Waals surface area contributed by atoms with Crippen LogP contribution in [0.5, 0.6) is 0 Å².